The Bertz CT molecular complexity index is 1620. The van der Waals surface area contributed by atoms with Crippen LogP contribution in [0, 0.1) is 19.3 Å². The molecule has 2 N–H and O–H groups in total. The van der Waals surface area contributed by atoms with Crippen LogP contribution >= 0.6 is 0 Å². The molecule has 3 saturated heterocycles. The number of nitrogen functional groups attached to an aromatic ring is 1. The minimum absolute atomic E-state index is 0.0187. The molecule has 6 rings (SSSR count). The quantitative estimate of drug-likeness (QED) is 0.196. The smallest absolute Gasteiger partial charge is 0.417 e. The predicted octanol–water partition coefficient (Wildman–Crippen LogP) is 4.77. The van der Waals surface area contributed by atoms with Crippen molar-refractivity contribution in [1.82, 2.24) is 19.8 Å². The Kier molecular flexibility index (Phi) is 8.77. The van der Waals surface area contributed by atoms with Gasteiger partial charge in [-0.2, -0.15) is 23.1 Å². The fourth-order valence-corrected chi connectivity index (χ4v) is 7.66. The van der Waals surface area contributed by atoms with Gasteiger partial charge in [-0.15, -0.1) is 0 Å². The molecule has 15 heteroatoms. The van der Waals surface area contributed by atoms with Crippen LogP contribution in [-0.2, 0) is 28.7 Å². The summed E-state index contributed by atoms with van der Waals surface area (Å²) < 4.78 is 84.1. The van der Waals surface area contributed by atoms with Crippen LogP contribution in [-0.4, -0.2) is 83.1 Å². The van der Waals surface area contributed by atoms with Crippen LogP contribution in [0.2, 0.25) is 0 Å². The molecule has 4 aliphatic rings. The average molecular weight is 662 g/mol. The van der Waals surface area contributed by atoms with E-state index in [-0.39, 0.29) is 56.3 Å². The number of piperazine rings is 1. The molecule has 0 aliphatic carbocycles. The Morgan fingerprint density at radius 3 is 2.62 bits per heavy atom. The Morgan fingerprint density at radius 1 is 1.23 bits per heavy atom. The molecule has 4 aliphatic heterocycles. The first kappa shape index (κ1) is 32.9. The van der Waals surface area contributed by atoms with E-state index in [9.17, 15) is 22.4 Å². The van der Waals surface area contributed by atoms with Gasteiger partial charge in [-0.3, -0.25) is 9.69 Å². The first-order valence-corrected chi connectivity index (χ1v) is 15.6. The van der Waals surface area contributed by atoms with E-state index in [2.05, 4.69) is 21.3 Å². The second-order valence-electron chi connectivity index (χ2n) is 12.7. The molecule has 1 aromatic heterocycles. The van der Waals surface area contributed by atoms with E-state index in [4.69, 9.17) is 26.8 Å². The number of ether oxygens (including phenoxy) is 2. The van der Waals surface area contributed by atoms with Gasteiger partial charge in [-0.05, 0) is 57.3 Å². The third-order valence-corrected chi connectivity index (χ3v) is 9.85. The molecule has 5 heterocycles. The summed E-state index contributed by atoms with van der Waals surface area (Å²) in [6, 6.07) is 0.295. The molecule has 0 radical (unpaired) electrons. The number of rotatable bonds is 7. The number of fused-ring (bicyclic) bond motifs is 2. The number of nitrogens with zero attached hydrogens (tertiary/aromatic N) is 6. The number of nitrogens with two attached hydrogens (primary N) is 1. The van der Waals surface area contributed by atoms with Crippen LogP contribution in [0.3, 0.4) is 0 Å². The van der Waals surface area contributed by atoms with Crippen molar-refractivity contribution in [2.24, 2.45) is 0 Å². The summed E-state index contributed by atoms with van der Waals surface area (Å²) in [6.07, 6.45) is -2.42. The number of benzene rings is 1. The van der Waals surface area contributed by atoms with Crippen LogP contribution < -0.4 is 15.4 Å². The molecule has 3 fully saturated rings. The number of carbonyl (C=O) groups excluding carboxylic acids is 1. The van der Waals surface area contributed by atoms with Crippen molar-refractivity contribution in [1.29, 1.82) is 0 Å². The molecular formula is C32H36F5N7O3. The van der Waals surface area contributed by atoms with Crippen molar-refractivity contribution >= 4 is 17.4 Å². The average Bonchev–Trinajstić information content (AvgIpc) is 3.61. The van der Waals surface area contributed by atoms with Gasteiger partial charge >= 0.3 is 12.2 Å². The number of hydrogen-bond acceptors (Lipinski definition) is 8. The lowest BCUT2D eigenvalue weighted by atomic mass is 9.91. The standard InChI is InChI=1S/C32H36F5N7O3/c1-18-12-22(38)27(34)25(26(18)32(35,36)37)24-13-23-21(16-46-24)28(42-10-11-44(29(45)19(2)33)20(15-42)14-39-3)41-30(40-23)47-17-31-6-4-8-43(31)9-5-7-31/h12,20,24H,2,4-11,13-17,38H2,1H3/t20-,24?/m0/s1. The summed E-state index contributed by atoms with van der Waals surface area (Å²) in [5.41, 5.74) is 3.99. The molecule has 1 amide bonds. The lowest BCUT2D eigenvalue weighted by Gasteiger charge is -2.41. The van der Waals surface area contributed by atoms with Gasteiger partial charge < -0.3 is 29.9 Å². The zero-order valence-electron chi connectivity index (χ0n) is 26.0. The summed E-state index contributed by atoms with van der Waals surface area (Å²) in [4.78, 5) is 30.8. The molecule has 47 heavy (non-hydrogen) atoms. The summed E-state index contributed by atoms with van der Waals surface area (Å²) in [6.45, 7) is 14.1. The van der Waals surface area contributed by atoms with Gasteiger partial charge in [0.25, 0.3) is 5.91 Å². The van der Waals surface area contributed by atoms with E-state index in [0.717, 1.165) is 44.8 Å². The van der Waals surface area contributed by atoms with Gasteiger partial charge in [-0.25, -0.2) is 15.4 Å². The Hall–Kier alpha value is -4.03. The summed E-state index contributed by atoms with van der Waals surface area (Å²) in [5, 5.41) is 0. The fourth-order valence-electron chi connectivity index (χ4n) is 7.66. The lowest BCUT2D eigenvalue weighted by Crippen LogP contribution is -2.57. The molecular weight excluding hydrogens is 625 g/mol. The van der Waals surface area contributed by atoms with Crippen LogP contribution in [0.4, 0.5) is 33.5 Å². The van der Waals surface area contributed by atoms with Gasteiger partial charge in [0.15, 0.2) is 11.6 Å². The molecule has 0 saturated carbocycles. The SMILES string of the molecule is [C-]#[N+]C[C@H]1CN(c2nc(OCC34CCCN3CCC4)nc3c2COC(c2c(F)c(N)cc(C)c2C(F)(F)F)C3)CCN1C(=O)C(=C)F. The van der Waals surface area contributed by atoms with Crippen molar-refractivity contribution < 1.29 is 36.2 Å². The van der Waals surface area contributed by atoms with E-state index in [0.29, 0.717) is 23.7 Å². The predicted molar refractivity (Wildman–Crippen MR) is 162 cm³/mol. The molecule has 1 aromatic carbocycles. The van der Waals surface area contributed by atoms with Gasteiger partial charge in [-0.1, -0.05) is 6.58 Å². The van der Waals surface area contributed by atoms with E-state index in [1.165, 1.54) is 11.8 Å². The molecule has 2 atom stereocenters. The van der Waals surface area contributed by atoms with E-state index >= 15 is 4.39 Å². The van der Waals surface area contributed by atoms with E-state index in [1.807, 2.05) is 4.90 Å². The largest absolute Gasteiger partial charge is 0.461 e. The maximum Gasteiger partial charge on any atom is 0.417 e. The highest BCUT2D eigenvalue weighted by molar-refractivity contribution is 5.91. The van der Waals surface area contributed by atoms with Crippen molar-refractivity contribution in [3.8, 4) is 6.01 Å². The fraction of sp³-hybridized carbons (Fsp3) is 0.562. The molecule has 10 nitrogen and oxygen atoms in total. The van der Waals surface area contributed by atoms with Crippen LogP contribution in [0.15, 0.2) is 18.5 Å². The molecule has 0 bridgehead atoms. The zero-order valence-corrected chi connectivity index (χ0v) is 26.0. The summed E-state index contributed by atoms with van der Waals surface area (Å²) in [5.74, 6) is -2.84. The van der Waals surface area contributed by atoms with Crippen molar-refractivity contribution in [3.63, 3.8) is 0 Å². The minimum atomic E-state index is -4.86. The first-order chi connectivity index (χ1) is 22.3. The summed E-state index contributed by atoms with van der Waals surface area (Å²) in [7, 11) is 0. The van der Waals surface area contributed by atoms with Crippen LogP contribution in [0.25, 0.3) is 4.85 Å². The normalized spacial score (nSPS) is 22.5. The number of aromatic nitrogens is 2. The molecule has 2 aromatic rings. The number of aryl methyl sites for hydroxylation is 1. The zero-order chi connectivity index (χ0) is 33.7. The lowest BCUT2D eigenvalue weighted by molar-refractivity contribution is -0.140. The highest BCUT2D eigenvalue weighted by Gasteiger charge is 2.46. The van der Waals surface area contributed by atoms with Gasteiger partial charge in [0.1, 0.15) is 18.5 Å². The highest BCUT2D eigenvalue weighted by Crippen LogP contribution is 2.45. The minimum Gasteiger partial charge on any atom is -0.461 e. The summed E-state index contributed by atoms with van der Waals surface area (Å²) >= 11 is 0. The van der Waals surface area contributed by atoms with Crippen molar-refractivity contribution in [2.45, 2.75) is 69.5 Å². The van der Waals surface area contributed by atoms with Crippen LogP contribution in [0.5, 0.6) is 6.01 Å². The molecule has 252 valence electrons. The van der Waals surface area contributed by atoms with Gasteiger partial charge in [0.2, 0.25) is 6.54 Å². The topological polar surface area (TPSA) is 101 Å². The van der Waals surface area contributed by atoms with Crippen LogP contribution in [0.1, 0.15) is 59.7 Å². The van der Waals surface area contributed by atoms with Crippen molar-refractivity contribution in [3.05, 3.63) is 63.7 Å². The van der Waals surface area contributed by atoms with E-state index < -0.39 is 52.7 Å². The highest BCUT2D eigenvalue weighted by atomic mass is 19.4. The number of alkyl halides is 3. The third-order valence-electron chi connectivity index (χ3n) is 9.85. The number of hydrogen-bond donors (Lipinski definition) is 1. The number of anilines is 2. The maximum absolute atomic E-state index is 15.4. The Morgan fingerprint density at radius 2 is 1.96 bits per heavy atom. The Balaban J connectivity index is 1.38. The molecule has 1 unspecified atom stereocenters. The number of carbonyl (C=O) groups is 1. The number of amides is 1. The second kappa shape index (κ2) is 12.5. The number of halogens is 5. The molecule has 0 spiro atoms. The van der Waals surface area contributed by atoms with Gasteiger partial charge in [0.05, 0.1) is 35.2 Å². The second-order valence-corrected chi connectivity index (χ2v) is 12.7. The van der Waals surface area contributed by atoms with E-state index in [1.54, 1.807) is 0 Å². The monoisotopic (exact) mass is 661 g/mol. The first-order valence-electron chi connectivity index (χ1n) is 15.6. The third kappa shape index (κ3) is 6.09. The maximum atomic E-state index is 15.4. The Labute approximate surface area is 269 Å². The van der Waals surface area contributed by atoms with Crippen molar-refractivity contribution in [2.75, 3.05) is 56.5 Å². The van der Waals surface area contributed by atoms with Gasteiger partial charge in [0, 0.05) is 37.2 Å².